The van der Waals surface area contributed by atoms with Crippen LogP contribution in [-0.2, 0) is 0 Å². The Morgan fingerprint density at radius 3 is 3.18 bits per heavy atom. The fourth-order valence-electron chi connectivity index (χ4n) is 2.32. The van der Waals surface area contributed by atoms with Crippen LogP contribution >= 0.6 is 0 Å². The van der Waals surface area contributed by atoms with Gasteiger partial charge in [-0.25, -0.2) is 0 Å². The zero-order chi connectivity index (χ0) is 12.3. The summed E-state index contributed by atoms with van der Waals surface area (Å²) >= 11 is 0. The molecule has 92 valence electrons. The first-order valence-electron chi connectivity index (χ1n) is 6.13. The number of hydrogen-bond acceptors (Lipinski definition) is 3. The van der Waals surface area contributed by atoms with E-state index in [0.717, 1.165) is 31.6 Å². The number of piperidine rings is 1. The maximum absolute atomic E-state index is 12.3. The van der Waals surface area contributed by atoms with Crippen molar-refractivity contribution in [1.82, 2.24) is 9.88 Å². The molecule has 0 aromatic carbocycles. The second-order valence-electron chi connectivity index (χ2n) is 4.63. The van der Waals surface area contributed by atoms with Gasteiger partial charge in [-0.05, 0) is 44.4 Å². The van der Waals surface area contributed by atoms with Gasteiger partial charge in [0.05, 0.1) is 5.56 Å². The van der Waals surface area contributed by atoms with E-state index in [-0.39, 0.29) is 5.91 Å². The summed E-state index contributed by atoms with van der Waals surface area (Å²) in [6.45, 7) is 4.15. The molecule has 1 unspecified atom stereocenters. The Morgan fingerprint density at radius 2 is 2.47 bits per heavy atom. The second kappa shape index (κ2) is 5.27. The number of rotatable bonds is 2. The third-order valence-corrected chi connectivity index (χ3v) is 3.38. The summed E-state index contributed by atoms with van der Waals surface area (Å²) in [5, 5.41) is 0. The Balaban J connectivity index is 2.12. The summed E-state index contributed by atoms with van der Waals surface area (Å²) in [5.74, 6) is 0.540. The number of pyridine rings is 1. The van der Waals surface area contributed by atoms with Crippen LogP contribution in [0.25, 0.3) is 0 Å². The molecular weight excluding hydrogens is 214 g/mol. The van der Waals surface area contributed by atoms with Crippen LogP contribution in [0, 0.1) is 12.8 Å². The molecule has 17 heavy (non-hydrogen) atoms. The number of amides is 1. The average molecular weight is 233 g/mol. The zero-order valence-electron chi connectivity index (χ0n) is 10.2. The van der Waals surface area contributed by atoms with Crippen LogP contribution in [0.15, 0.2) is 18.3 Å². The van der Waals surface area contributed by atoms with Crippen LogP contribution in [0.4, 0.5) is 0 Å². The lowest BCUT2D eigenvalue weighted by Gasteiger charge is -2.32. The number of likely N-dealkylation sites (tertiary alicyclic amines) is 1. The summed E-state index contributed by atoms with van der Waals surface area (Å²) in [7, 11) is 0. The van der Waals surface area contributed by atoms with Crippen LogP contribution in [0.1, 0.15) is 28.9 Å². The number of carbonyl (C=O) groups excluding carboxylic acids is 1. The standard InChI is InChI=1S/C13H19N3O/c1-10-12(5-2-6-15-10)13(17)16-7-3-4-11(8-14)9-16/h2,5-6,11H,3-4,7-9,14H2,1H3. The van der Waals surface area contributed by atoms with E-state index in [1.807, 2.05) is 24.0 Å². The molecule has 1 atom stereocenters. The van der Waals surface area contributed by atoms with E-state index in [4.69, 9.17) is 5.73 Å². The fraction of sp³-hybridized carbons (Fsp3) is 0.538. The normalized spacial score (nSPS) is 20.4. The largest absolute Gasteiger partial charge is 0.338 e. The molecule has 1 aromatic heterocycles. The van der Waals surface area contributed by atoms with Crippen LogP contribution in [0.2, 0.25) is 0 Å². The van der Waals surface area contributed by atoms with Crippen molar-refractivity contribution in [2.75, 3.05) is 19.6 Å². The molecule has 1 aliphatic heterocycles. The number of aromatic nitrogens is 1. The number of hydrogen-bond donors (Lipinski definition) is 1. The molecule has 0 saturated carbocycles. The molecule has 1 aromatic rings. The Kier molecular flexibility index (Phi) is 3.74. The van der Waals surface area contributed by atoms with Gasteiger partial charge < -0.3 is 10.6 Å². The van der Waals surface area contributed by atoms with E-state index in [1.165, 1.54) is 0 Å². The molecule has 4 nitrogen and oxygen atoms in total. The van der Waals surface area contributed by atoms with Gasteiger partial charge in [0.25, 0.3) is 5.91 Å². The third kappa shape index (κ3) is 2.64. The monoisotopic (exact) mass is 233 g/mol. The highest BCUT2D eigenvalue weighted by Gasteiger charge is 2.24. The molecule has 1 saturated heterocycles. The minimum absolute atomic E-state index is 0.0914. The van der Waals surface area contributed by atoms with Crippen molar-refractivity contribution in [3.63, 3.8) is 0 Å². The van der Waals surface area contributed by atoms with E-state index >= 15 is 0 Å². The van der Waals surface area contributed by atoms with Crippen molar-refractivity contribution in [2.24, 2.45) is 11.7 Å². The van der Waals surface area contributed by atoms with Gasteiger partial charge in [-0.1, -0.05) is 0 Å². The van der Waals surface area contributed by atoms with Crippen LogP contribution in [0.5, 0.6) is 0 Å². The third-order valence-electron chi connectivity index (χ3n) is 3.38. The van der Waals surface area contributed by atoms with Crippen molar-refractivity contribution >= 4 is 5.91 Å². The molecule has 0 spiro atoms. The summed E-state index contributed by atoms with van der Waals surface area (Å²) in [4.78, 5) is 18.4. The van der Waals surface area contributed by atoms with Crippen molar-refractivity contribution in [2.45, 2.75) is 19.8 Å². The highest BCUT2D eigenvalue weighted by molar-refractivity contribution is 5.95. The lowest BCUT2D eigenvalue weighted by Crippen LogP contribution is -2.42. The summed E-state index contributed by atoms with van der Waals surface area (Å²) in [6, 6.07) is 3.65. The first-order chi connectivity index (χ1) is 8.22. The van der Waals surface area contributed by atoms with E-state index in [1.54, 1.807) is 6.20 Å². The second-order valence-corrected chi connectivity index (χ2v) is 4.63. The van der Waals surface area contributed by atoms with E-state index in [9.17, 15) is 4.79 Å². The van der Waals surface area contributed by atoms with Crippen LogP contribution < -0.4 is 5.73 Å². The molecule has 1 amide bonds. The topological polar surface area (TPSA) is 59.2 Å². The molecule has 0 aliphatic carbocycles. The minimum Gasteiger partial charge on any atom is -0.338 e. The molecular formula is C13H19N3O. The van der Waals surface area contributed by atoms with Crippen molar-refractivity contribution < 1.29 is 4.79 Å². The van der Waals surface area contributed by atoms with Crippen LogP contribution in [0.3, 0.4) is 0 Å². The molecule has 1 fully saturated rings. The Morgan fingerprint density at radius 1 is 1.65 bits per heavy atom. The van der Waals surface area contributed by atoms with Gasteiger partial charge in [0.15, 0.2) is 0 Å². The van der Waals surface area contributed by atoms with Gasteiger partial charge in [-0.15, -0.1) is 0 Å². The van der Waals surface area contributed by atoms with Gasteiger partial charge in [0.2, 0.25) is 0 Å². The minimum atomic E-state index is 0.0914. The van der Waals surface area contributed by atoms with E-state index < -0.39 is 0 Å². The maximum Gasteiger partial charge on any atom is 0.255 e. The van der Waals surface area contributed by atoms with Gasteiger partial charge >= 0.3 is 0 Å². The van der Waals surface area contributed by atoms with E-state index in [2.05, 4.69) is 4.98 Å². The molecule has 0 radical (unpaired) electrons. The smallest absolute Gasteiger partial charge is 0.255 e. The number of nitrogens with two attached hydrogens (primary N) is 1. The van der Waals surface area contributed by atoms with Gasteiger partial charge in [-0.2, -0.15) is 0 Å². The van der Waals surface area contributed by atoms with Gasteiger partial charge in [-0.3, -0.25) is 9.78 Å². The Hall–Kier alpha value is -1.42. The lowest BCUT2D eigenvalue weighted by atomic mass is 9.97. The quantitative estimate of drug-likeness (QED) is 0.835. The predicted octanol–water partition coefficient (Wildman–Crippen LogP) is 1.20. The van der Waals surface area contributed by atoms with E-state index in [0.29, 0.717) is 18.0 Å². The zero-order valence-corrected chi connectivity index (χ0v) is 10.2. The SMILES string of the molecule is Cc1ncccc1C(=O)N1CCCC(CN)C1. The van der Waals surface area contributed by atoms with Crippen molar-refractivity contribution in [1.29, 1.82) is 0 Å². The Labute approximate surface area is 102 Å². The predicted molar refractivity (Wildman–Crippen MR) is 66.7 cm³/mol. The molecule has 2 N–H and O–H groups in total. The first-order valence-corrected chi connectivity index (χ1v) is 6.13. The first kappa shape index (κ1) is 12.0. The number of carbonyl (C=O) groups is 1. The molecule has 4 heteroatoms. The maximum atomic E-state index is 12.3. The summed E-state index contributed by atoms with van der Waals surface area (Å²) in [6.07, 6.45) is 3.89. The average Bonchev–Trinajstić information content (AvgIpc) is 2.38. The lowest BCUT2D eigenvalue weighted by molar-refractivity contribution is 0.0677. The van der Waals surface area contributed by atoms with Crippen molar-refractivity contribution in [3.05, 3.63) is 29.6 Å². The number of nitrogens with zero attached hydrogens (tertiary/aromatic N) is 2. The molecule has 2 heterocycles. The molecule has 0 bridgehead atoms. The molecule has 1 aliphatic rings. The van der Waals surface area contributed by atoms with Gasteiger partial charge in [0, 0.05) is 25.0 Å². The Bertz CT molecular complexity index is 405. The van der Waals surface area contributed by atoms with Crippen molar-refractivity contribution in [3.8, 4) is 0 Å². The van der Waals surface area contributed by atoms with Crippen LogP contribution in [-0.4, -0.2) is 35.4 Å². The summed E-state index contributed by atoms with van der Waals surface area (Å²) in [5.41, 5.74) is 7.20. The number of aryl methyl sites for hydroxylation is 1. The highest BCUT2D eigenvalue weighted by Crippen LogP contribution is 2.18. The van der Waals surface area contributed by atoms with Gasteiger partial charge in [0.1, 0.15) is 0 Å². The highest BCUT2D eigenvalue weighted by atomic mass is 16.2. The molecule has 2 rings (SSSR count). The summed E-state index contributed by atoms with van der Waals surface area (Å²) < 4.78 is 0. The fourth-order valence-corrected chi connectivity index (χ4v) is 2.32.